The van der Waals surface area contributed by atoms with E-state index in [1.165, 1.54) is 22.7 Å². The maximum Gasteiger partial charge on any atom is 0.290 e. The molecule has 9 heteroatoms. The number of aromatic nitrogens is 1. The monoisotopic (exact) mass is 433 g/mol. The summed E-state index contributed by atoms with van der Waals surface area (Å²) in [4.78, 5) is 35.8. The first kappa shape index (κ1) is 20.2. The average molecular weight is 434 g/mol. The van der Waals surface area contributed by atoms with E-state index in [0.717, 1.165) is 23.0 Å². The van der Waals surface area contributed by atoms with Crippen molar-refractivity contribution in [1.82, 2.24) is 14.8 Å². The molecule has 0 aromatic carbocycles. The molecule has 1 saturated heterocycles. The number of ketones is 1. The van der Waals surface area contributed by atoms with Crippen molar-refractivity contribution in [3.05, 3.63) is 49.3 Å². The molecule has 0 unspecified atom stereocenters. The fourth-order valence-electron chi connectivity index (χ4n) is 3.80. The van der Waals surface area contributed by atoms with Gasteiger partial charge in [-0.1, -0.05) is 6.07 Å². The van der Waals surface area contributed by atoms with E-state index in [2.05, 4.69) is 9.88 Å². The van der Waals surface area contributed by atoms with Crippen LogP contribution in [0.3, 0.4) is 0 Å². The average Bonchev–Trinajstić information content (AvgIpc) is 3.41. The van der Waals surface area contributed by atoms with Gasteiger partial charge in [-0.2, -0.15) is 0 Å². The lowest BCUT2D eigenvalue weighted by Crippen LogP contribution is -2.43. The first-order chi connectivity index (χ1) is 14.0. The van der Waals surface area contributed by atoms with Gasteiger partial charge in [-0.3, -0.25) is 14.5 Å². The first-order valence-electron chi connectivity index (χ1n) is 9.53. The number of aliphatic hydroxyl groups is 1. The molecule has 1 atom stereocenters. The van der Waals surface area contributed by atoms with E-state index >= 15 is 0 Å². The number of hydrogen-bond donors (Lipinski definition) is 1. The van der Waals surface area contributed by atoms with Crippen LogP contribution in [-0.4, -0.2) is 71.0 Å². The molecule has 1 amide bonds. The minimum absolute atomic E-state index is 0.158. The molecule has 4 heterocycles. The second-order valence-electron chi connectivity index (χ2n) is 7.11. The highest BCUT2D eigenvalue weighted by molar-refractivity contribution is 7.14. The fraction of sp³-hybridized carbons (Fsp3) is 0.450. The molecule has 0 radical (unpaired) electrons. The van der Waals surface area contributed by atoms with E-state index in [4.69, 9.17) is 4.74 Å². The number of amides is 1. The van der Waals surface area contributed by atoms with Crippen LogP contribution in [0.1, 0.15) is 31.3 Å². The van der Waals surface area contributed by atoms with Crippen LogP contribution in [0, 0.1) is 13.8 Å². The zero-order valence-electron chi connectivity index (χ0n) is 16.4. The summed E-state index contributed by atoms with van der Waals surface area (Å²) in [5.74, 6) is -1.24. The molecule has 2 aliphatic heterocycles. The van der Waals surface area contributed by atoms with Gasteiger partial charge in [0.05, 0.1) is 40.4 Å². The van der Waals surface area contributed by atoms with Crippen LogP contribution in [0.15, 0.2) is 28.8 Å². The van der Waals surface area contributed by atoms with Crippen molar-refractivity contribution in [3.63, 3.8) is 0 Å². The van der Waals surface area contributed by atoms with Crippen molar-refractivity contribution in [1.29, 1.82) is 0 Å². The molecule has 154 valence electrons. The maximum absolute atomic E-state index is 13.3. The Morgan fingerprint density at radius 2 is 2.07 bits per heavy atom. The summed E-state index contributed by atoms with van der Waals surface area (Å²) in [6.07, 6.45) is 0. The summed E-state index contributed by atoms with van der Waals surface area (Å²) in [5.41, 5.74) is 0.785. The van der Waals surface area contributed by atoms with E-state index in [9.17, 15) is 14.7 Å². The highest BCUT2D eigenvalue weighted by atomic mass is 32.1. The number of nitrogens with zero attached hydrogens (tertiary/aromatic N) is 3. The van der Waals surface area contributed by atoms with Crippen LogP contribution >= 0.6 is 22.7 Å². The molecule has 0 spiro atoms. The number of ether oxygens (including phenoxy) is 1. The Bertz CT molecular complexity index is 945. The van der Waals surface area contributed by atoms with Gasteiger partial charge in [0.15, 0.2) is 5.76 Å². The Hall–Kier alpha value is -2.07. The number of carbonyl (C=O) groups is 2. The Kier molecular flexibility index (Phi) is 5.82. The standard InChI is InChI=1S/C20H23N3O4S2/c1-12-19(29-13(2)21-12)17(24)15-16(14-4-3-11-28-14)23(20(26)18(15)25)6-5-22-7-9-27-10-8-22/h3-4,11,16,25H,5-10H2,1-2H3/t16-/m0/s1. The number of rotatable bonds is 6. The van der Waals surface area contributed by atoms with Gasteiger partial charge >= 0.3 is 0 Å². The van der Waals surface area contributed by atoms with E-state index in [1.54, 1.807) is 11.8 Å². The predicted octanol–water partition coefficient (Wildman–Crippen LogP) is 2.73. The topological polar surface area (TPSA) is 83.0 Å². The SMILES string of the molecule is Cc1nc(C)c(C(=O)C2=C(O)C(=O)N(CCN3CCOCC3)[C@H]2c2cccs2)s1. The van der Waals surface area contributed by atoms with E-state index < -0.39 is 17.7 Å². The van der Waals surface area contributed by atoms with Gasteiger partial charge in [0.2, 0.25) is 5.78 Å². The van der Waals surface area contributed by atoms with E-state index in [1.807, 2.05) is 24.4 Å². The summed E-state index contributed by atoms with van der Waals surface area (Å²) in [6, 6.07) is 3.23. The molecular weight excluding hydrogens is 410 g/mol. The third kappa shape index (κ3) is 3.87. The Morgan fingerprint density at radius 1 is 1.31 bits per heavy atom. The summed E-state index contributed by atoms with van der Waals surface area (Å²) < 4.78 is 5.38. The number of hydrogen-bond acceptors (Lipinski definition) is 8. The van der Waals surface area contributed by atoms with Crippen LogP contribution in [0.2, 0.25) is 0 Å². The highest BCUT2D eigenvalue weighted by Crippen LogP contribution is 2.41. The zero-order valence-corrected chi connectivity index (χ0v) is 18.0. The van der Waals surface area contributed by atoms with E-state index in [0.29, 0.717) is 36.9 Å². The smallest absolute Gasteiger partial charge is 0.290 e. The van der Waals surface area contributed by atoms with Gasteiger partial charge in [-0.05, 0) is 25.3 Å². The van der Waals surface area contributed by atoms with Crippen LogP contribution in [-0.2, 0) is 9.53 Å². The lowest BCUT2D eigenvalue weighted by molar-refractivity contribution is -0.129. The normalized spacial score (nSPS) is 20.7. The number of carbonyl (C=O) groups excluding carboxylic acids is 2. The lowest BCUT2D eigenvalue weighted by atomic mass is 10.0. The molecule has 2 aromatic heterocycles. The number of thiazole rings is 1. The molecule has 1 fully saturated rings. The van der Waals surface area contributed by atoms with Crippen molar-refractivity contribution in [2.24, 2.45) is 0 Å². The van der Waals surface area contributed by atoms with Crippen molar-refractivity contribution in [2.75, 3.05) is 39.4 Å². The zero-order chi connectivity index (χ0) is 20.5. The van der Waals surface area contributed by atoms with Gasteiger partial charge in [0, 0.05) is 31.1 Å². The number of thiophene rings is 1. The maximum atomic E-state index is 13.3. The third-order valence-electron chi connectivity index (χ3n) is 5.23. The number of aliphatic hydroxyl groups excluding tert-OH is 1. The summed E-state index contributed by atoms with van der Waals surface area (Å²) in [5, 5.41) is 13.4. The summed E-state index contributed by atoms with van der Waals surface area (Å²) in [7, 11) is 0. The minimum Gasteiger partial charge on any atom is -0.503 e. The minimum atomic E-state index is -0.571. The third-order valence-corrected chi connectivity index (χ3v) is 7.23. The van der Waals surface area contributed by atoms with E-state index in [-0.39, 0.29) is 11.4 Å². The molecule has 29 heavy (non-hydrogen) atoms. The van der Waals surface area contributed by atoms with Crippen molar-refractivity contribution >= 4 is 34.4 Å². The Balaban J connectivity index is 1.65. The van der Waals surface area contributed by atoms with Crippen LogP contribution in [0.5, 0.6) is 0 Å². The molecule has 2 aromatic rings. The van der Waals surface area contributed by atoms with Crippen molar-refractivity contribution in [3.8, 4) is 0 Å². The molecule has 4 rings (SSSR count). The highest BCUT2D eigenvalue weighted by Gasteiger charge is 2.44. The van der Waals surface area contributed by atoms with Gasteiger partial charge in [-0.25, -0.2) is 4.98 Å². The second-order valence-corrected chi connectivity index (χ2v) is 9.29. The molecule has 0 aliphatic carbocycles. The van der Waals surface area contributed by atoms with Crippen molar-refractivity contribution in [2.45, 2.75) is 19.9 Å². The number of morpholine rings is 1. The van der Waals surface area contributed by atoms with Crippen LogP contribution in [0.25, 0.3) is 0 Å². The summed E-state index contributed by atoms with van der Waals surface area (Å²) in [6.45, 7) is 7.72. The largest absolute Gasteiger partial charge is 0.503 e. The van der Waals surface area contributed by atoms with Crippen molar-refractivity contribution < 1.29 is 19.4 Å². The molecule has 1 N–H and O–H groups in total. The number of aryl methyl sites for hydroxylation is 2. The van der Waals surface area contributed by atoms with Gasteiger partial charge < -0.3 is 14.7 Å². The summed E-state index contributed by atoms with van der Waals surface area (Å²) >= 11 is 2.77. The van der Waals surface area contributed by atoms with Crippen LogP contribution < -0.4 is 0 Å². The second kappa shape index (κ2) is 8.35. The van der Waals surface area contributed by atoms with Gasteiger partial charge in [0.1, 0.15) is 0 Å². The quantitative estimate of drug-likeness (QED) is 0.706. The van der Waals surface area contributed by atoms with Gasteiger partial charge in [-0.15, -0.1) is 22.7 Å². The number of Topliss-reactive ketones (excluding diaryl/α,β-unsaturated/α-hetero) is 1. The van der Waals surface area contributed by atoms with Gasteiger partial charge in [0.25, 0.3) is 5.91 Å². The Morgan fingerprint density at radius 3 is 2.69 bits per heavy atom. The first-order valence-corrected chi connectivity index (χ1v) is 11.2. The lowest BCUT2D eigenvalue weighted by Gasteiger charge is -2.31. The fourth-order valence-corrected chi connectivity index (χ4v) is 5.52. The molecule has 7 nitrogen and oxygen atoms in total. The molecular formula is C20H23N3O4S2. The van der Waals surface area contributed by atoms with Crippen LogP contribution in [0.4, 0.5) is 0 Å². The molecule has 0 saturated carbocycles. The molecule has 0 bridgehead atoms. The predicted molar refractivity (Wildman–Crippen MR) is 112 cm³/mol. The Labute approximate surface area is 177 Å². The molecule has 2 aliphatic rings.